The molecule has 0 aliphatic heterocycles. The molecule has 0 aromatic carbocycles. The molecule has 14 heavy (non-hydrogen) atoms. The molecule has 0 aromatic rings. The zero-order chi connectivity index (χ0) is 10.6. The SMILES string of the molecule is CC(=O)C1(CCC#N)CCCC=C1Cl. The second-order valence-corrected chi connectivity index (χ2v) is 4.15. The molecular formula is C11H14ClNO. The van der Waals surface area contributed by atoms with Gasteiger partial charge in [-0.25, -0.2) is 0 Å². The van der Waals surface area contributed by atoms with E-state index in [2.05, 4.69) is 6.07 Å². The molecule has 0 radical (unpaired) electrons. The number of Topliss-reactive ketones (excluding diaryl/α,β-unsaturated/α-hetero) is 1. The highest BCUT2D eigenvalue weighted by molar-refractivity contribution is 6.32. The third kappa shape index (κ3) is 1.99. The van der Waals surface area contributed by atoms with Gasteiger partial charge in [0.2, 0.25) is 0 Å². The summed E-state index contributed by atoms with van der Waals surface area (Å²) < 4.78 is 0. The monoisotopic (exact) mass is 211 g/mol. The molecule has 0 saturated carbocycles. The van der Waals surface area contributed by atoms with Gasteiger partial charge in [-0.3, -0.25) is 4.79 Å². The van der Waals surface area contributed by atoms with E-state index in [9.17, 15) is 4.79 Å². The standard InChI is InChI=1S/C11H14ClNO/c1-9(14)11(7-4-8-13)6-3-2-5-10(11)12/h5H,2-4,6-7H2,1H3. The van der Waals surface area contributed by atoms with Crippen LogP contribution in [0, 0.1) is 16.7 Å². The molecule has 1 atom stereocenters. The highest BCUT2D eigenvalue weighted by Gasteiger charge is 2.39. The van der Waals surface area contributed by atoms with Gasteiger partial charge in [0.05, 0.1) is 11.5 Å². The number of carbonyl (C=O) groups excluding carboxylic acids is 1. The third-order valence-corrected chi connectivity index (χ3v) is 3.44. The van der Waals surface area contributed by atoms with Crippen LogP contribution < -0.4 is 0 Å². The van der Waals surface area contributed by atoms with Crippen LogP contribution in [0.4, 0.5) is 0 Å². The van der Waals surface area contributed by atoms with Crippen LogP contribution in [-0.4, -0.2) is 5.78 Å². The van der Waals surface area contributed by atoms with Crippen LogP contribution in [-0.2, 0) is 4.79 Å². The van der Waals surface area contributed by atoms with Gasteiger partial charge < -0.3 is 0 Å². The lowest BCUT2D eigenvalue weighted by Gasteiger charge is -2.33. The van der Waals surface area contributed by atoms with E-state index >= 15 is 0 Å². The van der Waals surface area contributed by atoms with E-state index < -0.39 is 5.41 Å². The van der Waals surface area contributed by atoms with E-state index in [0.29, 0.717) is 17.9 Å². The second kappa shape index (κ2) is 4.61. The van der Waals surface area contributed by atoms with Crippen molar-refractivity contribution in [2.75, 3.05) is 0 Å². The fraction of sp³-hybridized carbons (Fsp3) is 0.636. The lowest BCUT2D eigenvalue weighted by molar-refractivity contribution is -0.125. The van der Waals surface area contributed by atoms with Crippen LogP contribution in [0.3, 0.4) is 0 Å². The lowest BCUT2D eigenvalue weighted by Crippen LogP contribution is -2.31. The zero-order valence-corrected chi connectivity index (χ0v) is 9.10. The van der Waals surface area contributed by atoms with E-state index in [1.807, 2.05) is 6.08 Å². The minimum atomic E-state index is -0.546. The summed E-state index contributed by atoms with van der Waals surface area (Å²) >= 11 is 6.10. The Labute approximate surface area is 89.6 Å². The number of allylic oxidation sites excluding steroid dienone is 2. The molecule has 0 N–H and O–H groups in total. The normalized spacial score (nSPS) is 26.5. The number of hydrogen-bond acceptors (Lipinski definition) is 2. The maximum atomic E-state index is 11.6. The number of hydrogen-bond donors (Lipinski definition) is 0. The molecule has 1 unspecified atom stereocenters. The fourth-order valence-corrected chi connectivity index (χ4v) is 2.41. The van der Waals surface area contributed by atoms with Crippen molar-refractivity contribution in [3.63, 3.8) is 0 Å². The van der Waals surface area contributed by atoms with E-state index in [1.54, 1.807) is 6.92 Å². The molecule has 3 heteroatoms. The smallest absolute Gasteiger partial charge is 0.141 e. The molecule has 1 aliphatic rings. The number of rotatable bonds is 3. The highest BCUT2D eigenvalue weighted by Crippen LogP contribution is 2.44. The molecule has 1 aliphatic carbocycles. The average Bonchev–Trinajstić information content (AvgIpc) is 2.16. The predicted molar refractivity (Wildman–Crippen MR) is 55.7 cm³/mol. The van der Waals surface area contributed by atoms with Gasteiger partial charge in [-0.1, -0.05) is 17.7 Å². The summed E-state index contributed by atoms with van der Waals surface area (Å²) in [6.45, 7) is 1.57. The molecule has 0 heterocycles. The van der Waals surface area contributed by atoms with Crippen LogP contribution in [0.25, 0.3) is 0 Å². The molecule has 0 aromatic heterocycles. The first kappa shape index (κ1) is 11.3. The largest absolute Gasteiger partial charge is 0.299 e. The second-order valence-electron chi connectivity index (χ2n) is 3.74. The highest BCUT2D eigenvalue weighted by atomic mass is 35.5. The van der Waals surface area contributed by atoms with Crippen molar-refractivity contribution in [3.05, 3.63) is 11.1 Å². The third-order valence-electron chi connectivity index (χ3n) is 2.93. The van der Waals surface area contributed by atoms with Crippen LogP contribution in [0.15, 0.2) is 11.1 Å². The van der Waals surface area contributed by atoms with Crippen molar-refractivity contribution in [1.82, 2.24) is 0 Å². The van der Waals surface area contributed by atoms with Gasteiger partial charge in [0.1, 0.15) is 5.78 Å². The van der Waals surface area contributed by atoms with Gasteiger partial charge in [-0.05, 0) is 32.6 Å². The summed E-state index contributed by atoms with van der Waals surface area (Å²) in [5.74, 6) is 0.0914. The Hall–Kier alpha value is -0.810. The van der Waals surface area contributed by atoms with E-state index in [1.165, 1.54) is 0 Å². The molecular weight excluding hydrogens is 198 g/mol. The Morgan fingerprint density at radius 1 is 1.79 bits per heavy atom. The van der Waals surface area contributed by atoms with E-state index in [4.69, 9.17) is 16.9 Å². The number of nitrogens with zero attached hydrogens (tertiary/aromatic N) is 1. The maximum absolute atomic E-state index is 11.6. The summed E-state index contributed by atoms with van der Waals surface area (Å²) in [4.78, 5) is 11.6. The summed E-state index contributed by atoms with van der Waals surface area (Å²) in [6.07, 6.45) is 5.60. The van der Waals surface area contributed by atoms with Crippen LogP contribution in [0.2, 0.25) is 0 Å². The van der Waals surface area contributed by atoms with Gasteiger partial charge >= 0.3 is 0 Å². The van der Waals surface area contributed by atoms with Crippen molar-refractivity contribution < 1.29 is 4.79 Å². The van der Waals surface area contributed by atoms with Crippen molar-refractivity contribution >= 4 is 17.4 Å². The van der Waals surface area contributed by atoms with Gasteiger partial charge in [0.15, 0.2) is 0 Å². The first-order chi connectivity index (χ1) is 6.63. The quantitative estimate of drug-likeness (QED) is 0.720. The Morgan fingerprint density at radius 3 is 3.00 bits per heavy atom. The molecule has 0 spiro atoms. The van der Waals surface area contributed by atoms with Crippen molar-refractivity contribution in [3.8, 4) is 6.07 Å². The van der Waals surface area contributed by atoms with Crippen LogP contribution >= 0.6 is 11.6 Å². The lowest BCUT2D eigenvalue weighted by atomic mass is 9.72. The number of carbonyl (C=O) groups is 1. The van der Waals surface area contributed by atoms with Crippen molar-refractivity contribution in [2.24, 2.45) is 5.41 Å². The Bertz CT molecular complexity index is 303. The number of ketones is 1. The summed E-state index contributed by atoms with van der Waals surface area (Å²) in [5, 5.41) is 9.20. The van der Waals surface area contributed by atoms with Gasteiger partial charge in [0, 0.05) is 11.5 Å². The fourth-order valence-electron chi connectivity index (χ4n) is 1.98. The topological polar surface area (TPSA) is 40.9 Å². The molecule has 0 bridgehead atoms. The molecule has 2 nitrogen and oxygen atoms in total. The van der Waals surface area contributed by atoms with E-state index in [0.717, 1.165) is 19.3 Å². The minimum Gasteiger partial charge on any atom is -0.299 e. The van der Waals surface area contributed by atoms with Gasteiger partial charge in [-0.15, -0.1) is 0 Å². The van der Waals surface area contributed by atoms with Crippen molar-refractivity contribution in [1.29, 1.82) is 5.26 Å². The minimum absolute atomic E-state index is 0.0914. The summed E-state index contributed by atoms with van der Waals surface area (Å²) in [7, 11) is 0. The molecule has 0 fully saturated rings. The number of nitriles is 1. The Kier molecular flexibility index (Phi) is 3.71. The average molecular weight is 212 g/mol. The Morgan fingerprint density at radius 2 is 2.50 bits per heavy atom. The molecule has 0 saturated heterocycles. The van der Waals surface area contributed by atoms with E-state index in [-0.39, 0.29) is 5.78 Å². The first-order valence-corrected chi connectivity index (χ1v) is 5.25. The summed E-state index contributed by atoms with van der Waals surface area (Å²) in [5.41, 5.74) is -0.546. The first-order valence-electron chi connectivity index (χ1n) is 4.87. The number of halogens is 1. The van der Waals surface area contributed by atoms with Crippen LogP contribution in [0.1, 0.15) is 39.0 Å². The van der Waals surface area contributed by atoms with Crippen molar-refractivity contribution in [2.45, 2.75) is 39.0 Å². The molecule has 1 rings (SSSR count). The molecule has 0 amide bonds. The van der Waals surface area contributed by atoms with Gasteiger partial charge in [0.25, 0.3) is 0 Å². The summed E-state index contributed by atoms with van der Waals surface area (Å²) in [6, 6.07) is 2.08. The van der Waals surface area contributed by atoms with Gasteiger partial charge in [-0.2, -0.15) is 5.26 Å². The zero-order valence-electron chi connectivity index (χ0n) is 8.35. The molecule has 76 valence electrons. The maximum Gasteiger partial charge on any atom is 0.141 e. The van der Waals surface area contributed by atoms with Crippen LogP contribution in [0.5, 0.6) is 0 Å². The predicted octanol–water partition coefficient (Wildman–Crippen LogP) is 3.17. The Balaban J connectivity index is 2.92.